The van der Waals surface area contributed by atoms with Crippen molar-refractivity contribution < 1.29 is 27.1 Å². The molecule has 0 radical (unpaired) electrons. The summed E-state index contributed by atoms with van der Waals surface area (Å²) in [5.74, 6) is -0.278. The minimum absolute atomic E-state index is 0.0583. The van der Waals surface area contributed by atoms with Crippen LogP contribution in [0.5, 0.6) is 11.6 Å². The minimum atomic E-state index is -4.29. The number of hydrogen-bond donors (Lipinski definition) is 1. The molecule has 0 unspecified atom stereocenters. The van der Waals surface area contributed by atoms with Crippen molar-refractivity contribution in [1.82, 2.24) is 4.98 Å². The topological polar surface area (TPSA) is 138 Å². The Morgan fingerprint density at radius 1 is 1.10 bits per heavy atom. The highest BCUT2D eigenvalue weighted by atomic mass is 32.2. The van der Waals surface area contributed by atoms with E-state index in [1.54, 1.807) is 12.1 Å². The van der Waals surface area contributed by atoms with Crippen molar-refractivity contribution in [3.05, 3.63) is 82.5 Å². The maximum Gasteiger partial charge on any atom is 0.339 e. The SMILES string of the molecule is COc1ncccc1NC(=O)c1ccc(OS(=O)(=O)c2cccc([N+](=O)[O-])c2)cc1. The van der Waals surface area contributed by atoms with E-state index in [0.717, 1.165) is 6.07 Å². The molecule has 0 bridgehead atoms. The Hall–Kier alpha value is -3.99. The van der Waals surface area contributed by atoms with Gasteiger partial charge in [-0.25, -0.2) is 4.98 Å². The highest BCUT2D eigenvalue weighted by molar-refractivity contribution is 7.87. The Bertz CT molecular complexity index is 1190. The van der Waals surface area contributed by atoms with Gasteiger partial charge in [-0.2, -0.15) is 8.42 Å². The van der Waals surface area contributed by atoms with Crippen LogP contribution in [0.3, 0.4) is 0 Å². The second-order valence-corrected chi connectivity index (χ2v) is 7.38. The van der Waals surface area contributed by atoms with Gasteiger partial charge in [0.1, 0.15) is 16.3 Å². The number of anilines is 1. The lowest BCUT2D eigenvalue weighted by atomic mass is 10.2. The molecule has 2 aromatic carbocycles. The first kappa shape index (κ1) is 20.7. The maximum absolute atomic E-state index is 12.4. The second-order valence-electron chi connectivity index (χ2n) is 5.83. The van der Waals surface area contributed by atoms with Gasteiger partial charge < -0.3 is 14.2 Å². The first-order valence-electron chi connectivity index (χ1n) is 8.39. The Labute approximate surface area is 171 Å². The molecule has 0 saturated heterocycles. The van der Waals surface area contributed by atoms with Gasteiger partial charge in [0.05, 0.1) is 12.0 Å². The highest BCUT2D eigenvalue weighted by Gasteiger charge is 2.20. The van der Waals surface area contributed by atoms with Crippen LogP contribution in [0.1, 0.15) is 10.4 Å². The lowest BCUT2D eigenvalue weighted by molar-refractivity contribution is -0.385. The number of hydrogen-bond acceptors (Lipinski definition) is 8. The standard InChI is InChI=1S/C19H15N3O7S/c1-28-19-17(6-3-11-20-19)21-18(23)13-7-9-15(10-8-13)29-30(26,27)16-5-2-4-14(12-16)22(24)25/h2-12H,1H3,(H,21,23). The normalized spacial score (nSPS) is 10.8. The summed E-state index contributed by atoms with van der Waals surface area (Å²) in [7, 11) is -2.87. The molecule has 0 spiro atoms. The number of nitrogens with zero attached hydrogens (tertiary/aromatic N) is 2. The first-order chi connectivity index (χ1) is 14.3. The molecule has 0 aliphatic rings. The number of ether oxygens (including phenoxy) is 1. The van der Waals surface area contributed by atoms with Crippen LogP contribution in [-0.2, 0) is 10.1 Å². The van der Waals surface area contributed by atoms with Crippen molar-refractivity contribution in [1.29, 1.82) is 0 Å². The lowest BCUT2D eigenvalue weighted by Gasteiger charge is -2.10. The van der Waals surface area contributed by atoms with Gasteiger partial charge >= 0.3 is 10.1 Å². The zero-order valence-electron chi connectivity index (χ0n) is 15.5. The van der Waals surface area contributed by atoms with E-state index in [0.29, 0.717) is 5.69 Å². The number of nitro groups is 1. The lowest BCUT2D eigenvalue weighted by Crippen LogP contribution is -2.13. The summed E-state index contributed by atoms with van der Waals surface area (Å²) in [4.78, 5) is 26.1. The van der Waals surface area contributed by atoms with Gasteiger partial charge in [0.2, 0.25) is 5.88 Å². The van der Waals surface area contributed by atoms with E-state index in [1.807, 2.05) is 0 Å². The summed E-state index contributed by atoms with van der Waals surface area (Å²) < 4.78 is 34.8. The zero-order chi connectivity index (χ0) is 21.7. The Balaban J connectivity index is 1.74. The van der Waals surface area contributed by atoms with E-state index in [1.165, 1.54) is 55.8 Å². The van der Waals surface area contributed by atoms with Crippen LogP contribution in [0.2, 0.25) is 0 Å². The average molecular weight is 429 g/mol. The van der Waals surface area contributed by atoms with Crippen molar-refractivity contribution >= 4 is 27.4 Å². The van der Waals surface area contributed by atoms with Gasteiger partial charge in [-0.05, 0) is 42.5 Å². The monoisotopic (exact) mass is 429 g/mol. The molecule has 0 saturated carbocycles. The van der Waals surface area contributed by atoms with Gasteiger partial charge in [0.25, 0.3) is 11.6 Å². The van der Waals surface area contributed by atoms with E-state index in [4.69, 9.17) is 8.92 Å². The van der Waals surface area contributed by atoms with Gasteiger partial charge in [-0.1, -0.05) is 6.07 Å². The van der Waals surface area contributed by atoms with E-state index in [9.17, 15) is 23.3 Å². The van der Waals surface area contributed by atoms with Gasteiger partial charge in [0.15, 0.2) is 0 Å². The Morgan fingerprint density at radius 3 is 2.50 bits per heavy atom. The van der Waals surface area contributed by atoms with Gasteiger partial charge in [-0.15, -0.1) is 0 Å². The smallest absolute Gasteiger partial charge is 0.339 e. The van der Waals surface area contributed by atoms with Crippen molar-refractivity contribution in [3.8, 4) is 11.6 Å². The molecule has 3 aromatic rings. The van der Waals surface area contributed by atoms with Crippen LogP contribution in [0, 0.1) is 10.1 Å². The number of methoxy groups -OCH3 is 1. The summed E-state index contributed by atoms with van der Waals surface area (Å²) in [6.07, 6.45) is 1.52. The number of aromatic nitrogens is 1. The molecule has 3 rings (SSSR count). The molecular formula is C19H15N3O7S. The first-order valence-corrected chi connectivity index (χ1v) is 9.80. The number of carbonyl (C=O) groups is 1. The van der Waals surface area contributed by atoms with Crippen LogP contribution >= 0.6 is 0 Å². The van der Waals surface area contributed by atoms with Crippen LogP contribution in [-0.4, -0.2) is 31.3 Å². The maximum atomic E-state index is 12.4. The summed E-state index contributed by atoms with van der Waals surface area (Å²) in [5.41, 5.74) is 0.233. The summed E-state index contributed by atoms with van der Waals surface area (Å²) in [6.45, 7) is 0. The molecule has 30 heavy (non-hydrogen) atoms. The van der Waals surface area contributed by atoms with E-state index < -0.39 is 20.9 Å². The summed E-state index contributed by atoms with van der Waals surface area (Å²) >= 11 is 0. The number of amides is 1. The third kappa shape index (κ3) is 4.70. The number of pyridine rings is 1. The highest BCUT2D eigenvalue weighted by Crippen LogP contribution is 2.24. The van der Waals surface area contributed by atoms with E-state index in [2.05, 4.69) is 10.3 Å². The Kier molecular flexibility index (Phi) is 5.93. The van der Waals surface area contributed by atoms with Crippen LogP contribution in [0.25, 0.3) is 0 Å². The molecule has 1 heterocycles. The molecule has 154 valence electrons. The zero-order valence-corrected chi connectivity index (χ0v) is 16.3. The molecule has 1 N–H and O–H groups in total. The third-order valence-corrected chi connectivity index (χ3v) is 5.10. The third-order valence-electron chi connectivity index (χ3n) is 3.85. The molecule has 1 amide bonds. The molecular weight excluding hydrogens is 414 g/mol. The van der Waals surface area contributed by atoms with Crippen molar-refractivity contribution in [2.75, 3.05) is 12.4 Å². The molecule has 1 aromatic heterocycles. The Morgan fingerprint density at radius 2 is 1.83 bits per heavy atom. The van der Waals surface area contributed by atoms with Gasteiger partial charge in [-0.3, -0.25) is 14.9 Å². The van der Waals surface area contributed by atoms with Gasteiger partial charge in [0, 0.05) is 23.9 Å². The number of non-ortho nitro benzene ring substituents is 1. The predicted octanol–water partition coefficient (Wildman–Crippen LogP) is 3.02. The minimum Gasteiger partial charge on any atom is -0.480 e. The second kappa shape index (κ2) is 8.57. The molecule has 10 nitrogen and oxygen atoms in total. The molecule has 0 aliphatic carbocycles. The number of nitrogens with one attached hydrogen (secondary N) is 1. The van der Waals surface area contributed by atoms with Crippen molar-refractivity contribution in [3.63, 3.8) is 0 Å². The van der Waals surface area contributed by atoms with Crippen LogP contribution < -0.4 is 14.2 Å². The summed E-state index contributed by atoms with van der Waals surface area (Å²) in [5, 5.41) is 13.5. The predicted molar refractivity (Wildman–Crippen MR) is 106 cm³/mol. The van der Waals surface area contributed by atoms with E-state index in [-0.39, 0.29) is 27.8 Å². The molecule has 0 aliphatic heterocycles. The molecule has 0 atom stereocenters. The largest absolute Gasteiger partial charge is 0.480 e. The summed E-state index contributed by atoms with van der Waals surface area (Å²) in [6, 6.07) is 13.1. The number of nitro benzene ring substituents is 1. The van der Waals surface area contributed by atoms with E-state index >= 15 is 0 Å². The van der Waals surface area contributed by atoms with Crippen molar-refractivity contribution in [2.24, 2.45) is 0 Å². The fourth-order valence-electron chi connectivity index (χ4n) is 2.43. The number of benzene rings is 2. The average Bonchev–Trinajstić information content (AvgIpc) is 2.74. The molecule has 0 fully saturated rings. The number of rotatable bonds is 7. The fraction of sp³-hybridized carbons (Fsp3) is 0.0526. The number of carbonyl (C=O) groups excluding carboxylic acids is 1. The quantitative estimate of drug-likeness (QED) is 0.344. The van der Waals surface area contributed by atoms with Crippen LogP contribution in [0.4, 0.5) is 11.4 Å². The molecule has 11 heteroatoms. The van der Waals surface area contributed by atoms with Crippen molar-refractivity contribution in [2.45, 2.75) is 4.90 Å². The fourth-order valence-corrected chi connectivity index (χ4v) is 3.40. The van der Waals surface area contributed by atoms with Crippen LogP contribution in [0.15, 0.2) is 71.8 Å².